The first-order valence-corrected chi connectivity index (χ1v) is 7.92. The van der Waals surface area contributed by atoms with Gasteiger partial charge < -0.3 is 15.4 Å². The molecule has 122 valence electrons. The number of carbonyl (C=O) groups is 1. The molecule has 0 aliphatic carbocycles. The molecule has 1 amide bonds. The van der Waals surface area contributed by atoms with Gasteiger partial charge in [-0.2, -0.15) is 0 Å². The summed E-state index contributed by atoms with van der Waals surface area (Å²) in [5, 5.41) is 6.56. The highest BCUT2D eigenvalue weighted by Gasteiger charge is 2.03. The van der Waals surface area contributed by atoms with E-state index in [-0.39, 0.29) is 18.6 Å². The summed E-state index contributed by atoms with van der Waals surface area (Å²) in [6, 6.07) is 14.9. The molecule has 0 spiro atoms. The van der Waals surface area contributed by atoms with Crippen molar-refractivity contribution in [1.29, 1.82) is 0 Å². The van der Waals surface area contributed by atoms with Crippen molar-refractivity contribution in [2.75, 3.05) is 11.9 Å². The number of anilines is 1. The lowest BCUT2D eigenvalue weighted by molar-refractivity contribution is -0.115. The highest BCUT2D eigenvalue weighted by Crippen LogP contribution is 2.14. The number of rotatable bonds is 7. The molecule has 2 N–H and O–H groups in total. The largest absolute Gasteiger partial charge is 0.491 e. The molecule has 0 aliphatic heterocycles. The molecule has 0 bridgehead atoms. The summed E-state index contributed by atoms with van der Waals surface area (Å²) in [5.41, 5.74) is 1.83. The van der Waals surface area contributed by atoms with Gasteiger partial charge in [0.2, 0.25) is 5.91 Å². The fourth-order valence-corrected chi connectivity index (χ4v) is 2.14. The number of nitrogens with one attached hydrogen (secondary N) is 2. The third kappa shape index (κ3) is 6.30. The maximum Gasteiger partial charge on any atom is 0.238 e. The smallest absolute Gasteiger partial charge is 0.238 e. The van der Waals surface area contributed by atoms with E-state index in [4.69, 9.17) is 16.3 Å². The van der Waals surface area contributed by atoms with E-state index in [1.807, 2.05) is 38.1 Å². The number of benzene rings is 2. The van der Waals surface area contributed by atoms with Crippen LogP contribution < -0.4 is 15.4 Å². The Hall–Kier alpha value is -2.04. The van der Waals surface area contributed by atoms with E-state index in [2.05, 4.69) is 10.6 Å². The van der Waals surface area contributed by atoms with E-state index in [0.717, 1.165) is 17.0 Å². The molecule has 0 radical (unpaired) electrons. The van der Waals surface area contributed by atoms with Crippen LogP contribution in [-0.4, -0.2) is 18.6 Å². The number of carbonyl (C=O) groups excluding carboxylic acids is 1. The van der Waals surface area contributed by atoms with Crippen molar-refractivity contribution in [1.82, 2.24) is 5.32 Å². The normalized spacial score (nSPS) is 10.6. The second-order valence-electron chi connectivity index (χ2n) is 5.47. The first-order valence-electron chi connectivity index (χ1n) is 7.54. The Morgan fingerprint density at radius 1 is 1.09 bits per heavy atom. The van der Waals surface area contributed by atoms with Crippen molar-refractivity contribution < 1.29 is 9.53 Å². The monoisotopic (exact) mass is 332 g/mol. The number of hydrogen-bond acceptors (Lipinski definition) is 3. The lowest BCUT2D eigenvalue weighted by atomic mass is 10.2. The minimum absolute atomic E-state index is 0.0907. The molecule has 2 aromatic carbocycles. The summed E-state index contributed by atoms with van der Waals surface area (Å²) in [6.07, 6.45) is 0.163. The van der Waals surface area contributed by atoms with Crippen LogP contribution in [0.3, 0.4) is 0 Å². The Bertz CT molecular complexity index is 624. The Morgan fingerprint density at radius 3 is 2.35 bits per heavy atom. The van der Waals surface area contributed by atoms with Gasteiger partial charge in [-0.3, -0.25) is 4.79 Å². The molecule has 0 unspecified atom stereocenters. The Balaban J connectivity index is 1.73. The molecule has 0 saturated heterocycles. The summed E-state index contributed by atoms with van der Waals surface area (Å²) < 4.78 is 5.59. The van der Waals surface area contributed by atoms with Crippen molar-refractivity contribution in [3.8, 4) is 5.75 Å². The first-order chi connectivity index (χ1) is 11.0. The van der Waals surface area contributed by atoms with Crippen LogP contribution in [0.1, 0.15) is 19.4 Å². The van der Waals surface area contributed by atoms with Gasteiger partial charge >= 0.3 is 0 Å². The Kier molecular flexibility index (Phi) is 6.44. The van der Waals surface area contributed by atoms with E-state index >= 15 is 0 Å². The predicted molar refractivity (Wildman–Crippen MR) is 94.0 cm³/mol. The van der Waals surface area contributed by atoms with Crippen LogP contribution >= 0.6 is 11.6 Å². The van der Waals surface area contributed by atoms with Gasteiger partial charge in [-0.15, -0.1) is 0 Å². The maximum atomic E-state index is 11.8. The van der Waals surface area contributed by atoms with Crippen molar-refractivity contribution in [2.45, 2.75) is 26.5 Å². The molecule has 0 aromatic heterocycles. The summed E-state index contributed by atoms with van der Waals surface area (Å²) in [7, 11) is 0. The standard InChI is InChI=1S/C18H21ClN2O2/c1-13(2)23-17-9-3-14(4-10-17)11-20-12-18(22)21-16-7-5-15(19)6-8-16/h3-10,13,20H,11-12H2,1-2H3,(H,21,22). The van der Waals surface area contributed by atoms with Crippen LogP contribution in [0.2, 0.25) is 5.02 Å². The SMILES string of the molecule is CC(C)Oc1ccc(CNCC(=O)Nc2ccc(Cl)cc2)cc1. The Morgan fingerprint density at radius 2 is 1.74 bits per heavy atom. The molecule has 2 aromatic rings. The van der Waals surface area contributed by atoms with Crippen molar-refractivity contribution in [2.24, 2.45) is 0 Å². The molecular formula is C18H21ClN2O2. The van der Waals surface area contributed by atoms with Crippen molar-refractivity contribution >= 4 is 23.2 Å². The van der Waals surface area contributed by atoms with E-state index in [0.29, 0.717) is 11.6 Å². The molecule has 5 heteroatoms. The van der Waals surface area contributed by atoms with Gasteiger partial charge in [-0.1, -0.05) is 23.7 Å². The fraction of sp³-hybridized carbons (Fsp3) is 0.278. The number of hydrogen-bond donors (Lipinski definition) is 2. The molecule has 0 atom stereocenters. The zero-order chi connectivity index (χ0) is 16.7. The van der Waals surface area contributed by atoms with Gasteiger partial charge in [0.25, 0.3) is 0 Å². The second-order valence-corrected chi connectivity index (χ2v) is 5.91. The zero-order valence-corrected chi connectivity index (χ0v) is 14.1. The number of amides is 1. The van der Waals surface area contributed by atoms with Crippen LogP contribution in [0, 0.1) is 0 Å². The summed E-state index contributed by atoms with van der Waals surface area (Å²) in [4.78, 5) is 11.8. The molecule has 0 heterocycles. The lowest BCUT2D eigenvalue weighted by Crippen LogP contribution is -2.27. The highest BCUT2D eigenvalue weighted by atomic mass is 35.5. The summed E-state index contributed by atoms with van der Waals surface area (Å²) in [6.45, 7) is 4.85. The lowest BCUT2D eigenvalue weighted by Gasteiger charge is -2.10. The molecular weight excluding hydrogens is 312 g/mol. The van der Waals surface area contributed by atoms with Crippen LogP contribution in [-0.2, 0) is 11.3 Å². The molecule has 2 rings (SSSR count). The van der Waals surface area contributed by atoms with Gasteiger partial charge in [0.1, 0.15) is 5.75 Å². The zero-order valence-electron chi connectivity index (χ0n) is 13.3. The molecule has 0 saturated carbocycles. The molecule has 23 heavy (non-hydrogen) atoms. The van der Waals surface area contributed by atoms with Crippen LogP contribution in [0.4, 0.5) is 5.69 Å². The quantitative estimate of drug-likeness (QED) is 0.809. The van der Waals surface area contributed by atoms with Gasteiger partial charge in [0, 0.05) is 17.3 Å². The summed E-state index contributed by atoms with van der Waals surface area (Å²) in [5.74, 6) is 0.760. The third-order valence-electron chi connectivity index (χ3n) is 3.04. The number of halogens is 1. The molecule has 4 nitrogen and oxygen atoms in total. The van der Waals surface area contributed by atoms with Gasteiger partial charge in [0.15, 0.2) is 0 Å². The van der Waals surface area contributed by atoms with E-state index in [1.54, 1.807) is 24.3 Å². The fourth-order valence-electron chi connectivity index (χ4n) is 2.02. The second kappa shape index (κ2) is 8.56. The highest BCUT2D eigenvalue weighted by molar-refractivity contribution is 6.30. The van der Waals surface area contributed by atoms with Crippen LogP contribution in [0.5, 0.6) is 5.75 Å². The van der Waals surface area contributed by atoms with Crippen LogP contribution in [0.25, 0.3) is 0 Å². The van der Waals surface area contributed by atoms with E-state index < -0.39 is 0 Å². The average Bonchev–Trinajstić information content (AvgIpc) is 2.51. The van der Waals surface area contributed by atoms with Gasteiger partial charge in [-0.05, 0) is 55.8 Å². The average molecular weight is 333 g/mol. The summed E-state index contributed by atoms with van der Waals surface area (Å²) >= 11 is 5.80. The van der Waals surface area contributed by atoms with Gasteiger partial charge in [-0.25, -0.2) is 0 Å². The van der Waals surface area contributed by atoms with Gasteiger partial charge in [0.05, 0.1) is 12.6 Å². The maximum absolute atomic E-state index is 11.8. The number of ether oxygens (including phenoxy) is 1. The Labute approximate surface area is 141 Å². The van der Waals surface area contributed by atoms with Crippen molar-refractivity contribution in [3.05, 3.63) is 59.1 Å². The first kappa shape index (κ1) is 17.3. The van der Waals surface area contributed by atoms with E-state index in [1.165, 1.54) is 0 Å². The molecule has 0 aliphatic rings. The minimum atomic E-state index is -0.0907. The minimum Gasteiger partial charge on any atom is -0.491 e. The van der Waals surface area contributed by atoms with Crippen molar-refractivity contribution in [3.63, 3.8) is 0 Å². The van der Waals surface area contributed by atoms with E-state index in [9.17, 15) is 4.79 Å². The third-order valence-corrected chi connectivity index (χ3v) is 3.29. The predicted octanol–water partition coefficient (Wildman–Crippen LogP) is 3.86. The van der Waals surface area contributed by atoms with Crippen LogP contribution in [0.15, 0.2) is 48.5 Å². The topological polar surface area (TPSA) is 50.4 Å². The molecule has 0 fully saturated rings.